The van der Waals surface area contributed by atoms with Gasteiger partial charge >= 0.3 is 0 Å². The Morgan fingerprint density at radius 2 is 1.79 bits per heavy atom. The Morgan fingerprint density at radius 1 is 1.05 bits per heavy atom. The lowest BCUT2D eigenvalue weighted by Crippen LogP contribution is -2.60. The van der Waals surface area contributed by atoms with Gasteiger partial charge in [-0.2, -0.15) is 11.8 Å². The molecule has 2 aliphatic heterocycles. The van der Waals surface area contributed by atoms with E-state index in [1.54, 1.807) is 4.90 Å². The number of rotatable bonds is 2. The Bertz CT molecular complexity index is 380. The van der Waals surface area contributed by atoms with Crippen LogP contribution in [0.25, 0.3) is 0 Å². The Balaban J connectivity index is 1.68. The van der Waals surface area contributed by atoms with Gasteiger partial charge in [-0.15, -0.1) is 0 Å². The Labute approximate surface area is 118 Å². The number of amides is 2. The average molecular weight is 282 g/mol. The van der Waals surface area contributed by atoms with Crippen molar-refractivity contribution < 1.29 is 9.59 Å². The third-order valence-electron chi connectivity index (χ3n) is 4.86. The third kappa shape index (κ3) is 2.37. The van der Waals surface area contributed by atoms with E-state index < -0.39 is 0 Å². The van der Waals surface area contributed by atoms with Gasteiger partial charge in [-0.3, -0.25) is 9.59 Å². The molecule has 0 aromatic rings. The normalized spacial score (nSPS) is 35.7. The van der Waals surface area contributed by atoms with E-state index in [1.807, 2.05) is 16.7 Å². The van der Waals surface area contributed by atoms with Crippen molar-refractivity contribution in [3.63, 3.8) is 0 Å². The highest BCUT2D eigenvalue weighted by Crippen LogP contribution is 2.32. The molecule has 2 saturated heterocycles. The van der Waals surface area contributed by atoms with Gasteiger partial charge < -0.3 is 9.80 Å². The van der Waals surface area contributed by atoms with Crippen LogP contribution in [0.3, 0.4) is 0 Å². The van der Waals surface area contributed by atoms with Gasteiger partial charge in [0.2, 0.25) is 11.8 Å². The molecule has 0 spiro atoms. The Kier molecular flexibility index (Phi) is 3.74. The molecule has 3 fully saturated rings. The summed E-state index contributed by atoms with van der Waals surface area (Å²) in [6.07, 6.45) is 8.50. The maximum absolute atomic E-state index is 12.5. The molecule has 4 nitrogen and oxygen atoms in total. The van der Waals surface area contributed by atoms with E-state index in [2.05, 4.69) is 6.26 Å². The van der Waals surface area contributed by atoms with Crippen LogP contribution in [0, 0.1) is 0 Å². The fraction of sp³-hybridized carbons (Fsp3) is 0.857. The smallest absolute Gasteiger partial charge is 0.246 e. The van der Waals surface area contributed by atoms with Crippen molar-refractivity contribution in [1.82, 2.24) is 9.80 Å². The minimum atomic E-state index is -0.139. The first-order valence-electron chi connectivity index (χ1n) is 7.33. The largest absolute Gasteiger partial charge is 0.329 e. The molecule has 0 aromatic heterocycles. The van der Waals surface area contributed by atoms with Crippen LogP contribution >= 0.6 is 11.8 Å². The summed E-state index contributed by atoms with van der Waals surface area (Å²) in [5.74, 6) is 0.374. The lowest BCUT2D eigenvalue weighted by molar-refractivity contribution is -0.156. The van der Waals surface area contributed by atoms with Crippen molar-refractivity contribution in [3.8, 4) is 0 Å². The molecule has 2 amide bonds. The van der Waals surface area contributed by atoms with Gasteiger partial charge in [-0.05, 0) is 44.8 Å². The van der Waals surface area contributed by atoms with E-state index in [0.29, 0.717) is 12.6 Å². The zero-order valence-electron chi connectivity index (χ0n) is 11.5. The van der Waals surface area contributed by atoms with Gasteiger partial charge in [-0.1, -0.05) is 0 Å². The van der Waals surface area contributed by atoms with Crippen LogP contribution in [0.1, 0.15) is 38.5 Å². The Hall–Kier alpha value is -0.710. The van der Waals surface area contributed by atoms with E-state index in [9.17, 15) is 9.59 Å². The summed E-state index contributed by atoms with van der Waals surface area (Å²) in [7, 11) is 0. The van der Waals surface area contributed by atoms with Crippen LogP contribution in [-0.2, 0) is 9.59 Å². The lowest BCUT2D eigenvalue weighted by Gasteiger charge is -2.42. The fourth-order valence-electron chi connectivity index (χ4n) is 3.73. The molecule has 0 bridgehead atoms. The second kappa shape index (κ2) is 5.35. The summed E-state index contributed by atoms with van der Waals surface area (Å²) in [5.41, 5.74) is 0. The molecule has 3 aliphatic rings. The number of hydrogen-bond donors (Lipinski definition) is 0. The molecule has 0 aromatic carbocycles. The first-order chi connectivity index (χ1) is 9.20. The van der Waals surface area contributed by atoms with Crippen molar-refractivity contribution >= 4 is 23.6 Å². The van der Waals surface area contributed by atoms with Gasteiger partial charge in [0, 0.05) is 17.8 Å². The van der Waals surface area contributed by atoms with Crippen LogP contribution in [0.4, 0.5) is 0 Å². The van der Waals surface area contributed by atoms with Crippen LogP contribution < -0.4 is 0 Å². The summed E-state index contributed by atoms with van der Waals surface area (Å²) in [4.78, 5) is 28.3. The summed E-state index contributed by atoms with van der Waals surface area (Å²) < 4.78 is 0. The number of thioether (sulfide) groups is 1. The van der Waals surface area contributed by atoms with Crippen LogP contribution in [0.5, 0.6) is 0 Å². The van der Waals surface area contributed by atoms with Gasteiger partial charge in [0.05, 0.1) is 0 Å². The predicted molar refractivity (Wildman–Crippen MR) is 76.0 cm³/mol. The minimum absolute atomic E-state index is 0.139. The number of carbonyl (C=O) groups excluding carboxylic acids is 2. The average Bonchev–Trinajstić information content (AvgIpc) is 2.93. The molecular weight excluding hydrogens is 260 g/mol. The summed E-state index contributed by atoms with van der Waals surface area (Å²) in [6, 6.07) is 0.169. The second-order valence-electron chi connectivity index (χ2n) is 5.88. The number of hydrogen-bond acceptors (Lipinski definition) is 3. The first kappa shape index (κ1) is 13.3. The molecule has 1 aliphatic carbocycles. The van der Waals surface area contributed by atoms with Crippen molar-refractivity contribution in [1.29, 1.82) is 0 Å². The van der Waals surface area contributed by atoms with E-state index in [0.717, 1.165) is 37.5 Å². The predicted octanol–water partition coefficient (Wildman–Crippen LogP) is 1.49. The number of carbonyl (C=O) groups is 2. The van der Waals surface area contributed by atoms with Crippen molar-refractivity contribution in [3.05, 3.63) is 0 Å². The maximum Gasteiger partial charge on any atom is 0.246 e. The summed E-state index contributed by atoms with van der Waals surface area (Å²) in [5, 5.41) is 0.745. The number of piperazine rings is 1. The number of fused-ring (bicyclic) bond motifs is 1. The molecule has 1 saturated carbocycles. The van der Waals surface area contributed by atoms with Crippen molar-refractivity contribution in [2.45, 2.75) is 55.9 Å². The first-order valence-corrected chi connectivity index (χ1v) is 8.62. The monoisotopic (exact) mass is 282 g/mol. The summed E-state index contributed by atoms with van der Waals surface area (Å²) >= 11 is 1.93. The standard InChI is InChI=1S/C14H22N2O2S/c1-19-11-6-4-10(5-7-11)16-9-13(17)15-8-2-3-12(15)14(16)18/h10-12H,2-9H2,1H3. The maximum atomic E-state index is 12.5. The summed E-state index contributed by atoms with van der Waals surface area (Å²) in [6.45, 7) is 1.10. The zero-order valence-corrected chi connectivity index (χ0v) is 12.3. The topological polar surface area (TPSA) is 40.6 Å². The van der Waals surface area contributed by atoms with Crippen LogP contribution in [0.2, 0.25) is 0 Å². The van der Waals surface area contributed by atoms with Crippen molar-refractivity contribution in [2.24, 2.45) is 0 Å². The SMILES string of the molecule is CSC1CCC(N2CC(=O)N3CCCC3C2=O)CC1. The van der Waals surface area contributed by atoms with E-state index in [4.69, 9.17) is 0 Å². The fourth-order valence-corrected chi connectivity index (χ4v) is 4.47. The van der Waals surface area contributed by atoms with Crippen LogP contribution in [-0.4, -0.2) is 58.3 Å². The van der Waals surface area contributed by atoms with Gasteiger partial charge in [0.15, 0.2) is 0 Å². The molecule has 19 heavy (non-hydrogen) atoms. The van der Waals surface area contributed by atoms with Crippen LogP contribution in [0.15, 0.2) is 0 Å². The minimum Gasteiger partial charge on any atom is -0.329 e. The van der Waals surface area contributed by atoms with E-state index >= 15 is 0 Å². The highest BCUT2D eigenvalue weighted by molar-refractivity contribution is 7.99. The van der Waals surface area contributed by atoms with Crippen molar-refractivity contribution in [2.75, 3.05) is 19.3 Å². The Morgan fingerprint density at radius 3 is 2.47 bits per heavy atom. The molecule has 2 heterocycles. The molecule has 5 heteroatoms. The quantitative estimate of drug-likeness (QED) is 0.770. The second-order valence-corrected chi connectivity index (χ2v) is 7.02. The van der Waals surface area contributed by atoms with Gasteiger partial charge in [0.1, 0.15) is 12.6 Å². The van der Waals surface area contributed by atoms with Gasteiger partial charge in [-0.25, -0.2) is 0 Å². The molecular formula is C14H22N2O2S. The molecule has 0 N–H and O–H groups in total. The highest BCUT2D eigenvalue weighted by atomic mass is 32.2. The highest BCUT2D eigenvalue weighted by Gasteiger charge is 2.44. The third-order valence-corrected chi connectivity index (χ3v) is 6.00. The van der Waals surface area contributed by atoms with E-state index in [1.165, 1.54) is 12.8 Å². The molecule has 106 valence electrons. The molecule has 1 atom stereocenters. The number of nitrogens with zero attached hydrogens (tertiary/aromatic N) is 2. The van der Waals surface area contributed by atoms with E-state index in [-0.39, 0.29) is 17.9 Å². The molecule has 1 unspecified atom stereocenters. The molecule has 0 radical (unpaired) electrons. The zero-order chi connectivity index (χ0) is 13.4. The lowest BCUT2D eigenvalue weighted by atomic mass is 9.92. The molecule has 3 rings (SSSR count). The van der Waals surface area contributed by atoms with Gasteiger partial charge in [0.25, 0.3) is 0 Å².